The monoisotopic (exact) mass is 256 g/mol. The number of rotatable bonds is 3. The summed E-state index contributed by atoms with van der Waals surface area (Å²) in [6, 6.07) is 8.35. The van der Waals surface area contributed by atoms with E-state index in [1.807, 2.05) is 6.07 Å². The molecule has 0 bridgehead atoms. The van der Waals surface area contributed by atoms with Gasteiger partial charge in [-0.15, -0.1) is 6.42 Å². The van der Waals surface area contributed by atoms with Crippen molar-refractivity contribution in [3.8, 4) is 12.3 Å². The van der Waals surface area contributed by atoms with Crippen LogP contribution in [-0.2, 0) is 9.59 Å². The predicted octanol–water partition coefficient (Wildman–Crippen LogP) is 1.32. The maximum Gasteiger partial charge on any atom is 0.251 e. The van der Waals surface area contributed by atoms with Crippen LogP contribution in [-0.4, -0.2) is 23.4 Å². The van der Waals surface area contributed by atoms with Gasteiger partial charge in [0.05, 0.1) is 23.7 Å². The van der Waals surface area contributed by atoms with Crippen molar-refractivity contribution < 1.29 is 9.59 Å². The van der Waals surface area contributed by atoms with Gasteiger partial charge in [0, 0.05) is 0 Å². The van der Waals surface area contributed by atoms with E-state index in [1.54, 1.807) is 38.1 Å². The Morgan fingerprint density at radius 1 is 1.32 bits per heavy atom. The van der Waals surface area contributed by atoms with E-state index >= 15 is 0 Å². The topological polar surface area (TPSA) is 49.4 Å². The fraction of sp³-hybridized carbons (Fsp3) is 0.333. The van der Waals surface area contributed by atoms with E-state index in [4.69, 9.17) is 6.42 Å². The summed E-state index contributed by atoms with van der Waals surface area (Å²) in [4.78, 5) is 25.5. The molecular weight excluding hydrogens is 240 g/mol. The van der Waals surface area contributed by atoms with Crippen LogP contribution in [0, 0.1) is 12.3 Å². The van der Waals surface area contributed by atoms with Crippen molar-refractivity contribution in [2.75, 3.05) is 4.90 Å². The SMILES string of the molecule is C#CC(C)(C)NC1CC(=O)N(c2ccccc2)C1=O. The number of carbonyl (C=O) groups excluding carboxylic acids is 2. The molecule has 19 heavy (non-hydrogen) atoms. The molecule has 4 nitrogen and oxygen atoms in total. The first-order chi connectivity index (χ1) is 8.94. The molecule has 1 saturated heterocycles. The number of imide groups is 1. The molecule has 0 radical (unpaired) electrons. The summed E-state index contributed by atoms with van der Waals surface area (Å²) < 4.78 is 0. The lowest BCUT2D eigenvalue weighted by Crippen LogP contribution is -2.48. The molecule has 0 aliphatic carbocycles. The van der Waals surface area contributed by atoms with Gasteiger partial charge in [0.1, 0.15) is 0 Å². The Hall–Kier alpha value is -2.12. The number of anilines is 1. The lowest BCUT2D eigenvalue weighted by molar-refractivity contribution is -0.121. The van der Waals surface area contributed by atoms with Crippen LogP contribution in [0.4, 0.5) is 5.69 Å². The summed E-state index contributed by atoms with van der Waals surface area (Å²) in [5.41, 5.74) is -0.0202. The van der Waals surface area contributed by atoms with Gasteiger partial charge in [-0.2, -0.15) is 0 Å². The van der Waals surface area contributed by atoms with Crippen LogP contribution >= 0.6 is 0 Å². The van der Waals surface area contributed by atoms with Gasteiger partial charge in [0.2, 0.25) is 5.91 Å². The van der Waals surface area contributed by atoms with E-state index in [2.05, 4.69) is 11.2 Å². The third-order valence-corrected chi connectivity index (χ3v) is 3.06. The Morgan fingerprint density at radius 2 is 1.95 bits per heavy atom. The molecule has 1 aliphatic rings. The first kappa shape index (κ1) is 13.3. The highest BCUT2D eigenvalue weighted by Crippen LogP contribution is 2.23. The van der Waals surface area contributed by atoms with Crippen LogP contribution in [0.3, 0.4) is 0 Å². The van der Waals surface area contributed by atoms with Gasteiger partial charge in [-0.3, -0.25) is 14.9 Å². The van der Waals surface area contributed by atoms with Crippen molar-refractivity contribution in [3.63, 3.8) is 0 Å². The lowest BCUT2D eigenvalue weighted by atomic mass is 10.0. The van der Waals surface area contributed by atoms with Gasteiger partial charge in [0.15, 0.2) is 0 Å². The van der Waals surface area contributed by atoms with Crippen LogP contribution in [0.1, 0.15) is 20.3 Å². The Bertz CT molecular complexity index is 543. The van der Waals surface area contributed by atoms with Gasteiger partial charge < -0.3 is 0 Å². The van der Waals surface area contributed by atoms with Crippen molar-refractivity contribution in [3.05, 3.63) is 30.3 Å². The molecule has 1 aromatic rings. The number of terminal acetylenes is 1. The Balaban J connectivity index is 2.21. The Morgan fingerprint density at radius 3 is 2.53 bits per heavy atom. The third-order valence-electron chi connectivity index (χ3n) is 3.06. The van der Waals surface area contributed by atoms with Crippen LogP contribution in [0.2, 0.25) is 0 Å². The van der Waals surface area contributed by atoms with E-state index in [9.17, 15) is 9.59 Å². The Kier molecular flexibility index (Phi) is 3.41. The molecule has 1 fully saturated rings. The standard InChI is InChI=1S/C15H16N2O2/c1-4-15(2,3)16-12-10-13(18)17(14(12)19)11-8-6-5-7-9-11/h1,5-9,12,16H,10H2,2-3H3. The number of carbonyl (C=O) groups is 2. The smallest absolute Gasteiger partial charge is 0.251 e. The highest BCUT2D eigenvalue weighted by atomic mass is 16.2. The fourth-order valence-electron chi connectivity index (χ4n) is 2.07. The van der Waals surface area contributed by atoms with Gasteiger partial charge in [0.25, 0.3) is 5.91 Å². The summed E-state index contributed by atoms with van der Waals surface area (Å²) in [7, 11) is 0. The predicted molar refractivity (Wildman–Crippen MR) is 73.4 cm³/mol. The van der Waals surface area contributed by atoms with Crippen molar-refractivity contribution in [2.24, 2.45) is 0 Å². The molecule has 4 heteroatoms. The highest BCUT2D eigenvalue weighted by Gasteiger charge is 2.41. The molecule has 1 unspecified atom stereocenters. The normalized spacial score (nSPS) is 19.6. The quantitative estimate of drug-likeness (QED) is 0.655. The largest absolute Gasteiger partial charge is 0.290 e. The van der Waals surface area contributed by atoms with Gasteiger partial charge >= 0.3 is 0 Å². The number of nitrogens with zero attached hydrogens (tertiary/aromatic N) is 1. The number of hydrogen-bond acceptors (Lipinski definition) is 3. The van der Waals surface area contributed by atoms with E-state index < -0.39 is 11.6 Å². The minimum atomic E-state index is -0.618. The zero-order valence-electron chi connectivity index (χ0n) is 11.0. The number of nitrogens with one attached hydrogen (secondary N) is 1. The van der Waals surface area contributed by atoms with E-state index in [-0.39, 0.29) is 18.2 Å². The summed E-state index contributed by atoms with van der Waals surface area (Å²) in [6.07, 6.45) is 5.53. The fourth-order valence-corrected chi connectivity index (χ4v) is 2.07. The van der Waals surface area contributed by atoms with Crippen molar-refractivity contribution in [1.82, 2.24) is 5.32 Å². The number of benzene rings is 1. The van der Waals surface area contributed by atoms with Crippen LogP contribution in [0.25, 0.3) is 0 Å². The molecule has 1 N–H and O–H groups in total. The van der Waals surface area contributed by atoms with E-state index in [0.29, 0.717) is 5.69 Å². The minimum Gasteiger partial charge on any atom is -0.290 e. The zero-order valence-corrected chi connectivity index (χ0v) is 11.0. The third kappa shape index (κ3) is 2.67. The van der Waals surface area contributed by atoms with Crippen molar-refractivity contribution in [1.29, 1.82) is 0 Å². The van der Waals surface area contributed by atoms with E-state index in [1.165, 1.54) is 4.90 Å². The summed E-state index contributed by atoms with van der Waals surface area (Å²) in [5, 5.41) is 3.04. The Labute approximate surface area is 112 Å². The molecule has 98 valence electrons. The molecule has 1 heterocycles. The summed E-state index contributed by atoms with van der Waals surface area (Å²) in [5.74, 6) is 2.11. The zero-order chi connectivity index (χ0) is 14.0. The average molecular weight is 256 g/mol. The number of para-hydroxylation sites is 1. The molecule has 0 aromatic heterocycles. The second-order valence-corrected chi connectivity index (χ2v) is 5.07. The first-order valence-corrected chi connectivity index (χ1v) is 6.12. The first-order valence-electron chi connectivity index (χ1n) is 6.12. The highest BCUT2D eigenvalue weighted by molar-refractivity contribution is 6.22. The summed E-state index contributed by atoms with van der Waals surface area (Å²) in [6.45, 7) is 3.60. The van der Waals surface area contributed by atoms with Crippen LogP contribution in [0.5, 0.6) is 0 Å². The number of hydrogen-bond donors (Lipinski definition) is 1. The second-order valence-electron chi connectivity index (χ2n) is 5.07. The maximum absolute atomic E-state index is 12.3. The van der Waals surface area contributed by atoms with Crippen molar-refractivity contribution >= 4 is 17.5 Å². The molecule has 0 spiro atoms. The van der Waals surface area contributed by atoms with Gasteiger partial charge in [-0.05, 0) is 26.0 Å². The molecule has 2 rings (SSSR count). The summed E-state index contributed by atoms with van der Waals surface area (Å²) >= 11 is 0. The molecule has 1 atom stereocenters. The van der Waals surface area contributed by atoms with Gasteiger partial charge in [-0.1, -0.05) is 24.1 Å². The van der Waals surface area contributed by atoms with Crippen LogP contribution < -0.4 is 10.2 Å². The van der Waals surface area contributed by atoms with E-state index in [0.717, 1.165) is 0 Å². The minimum absolute atomic E-state index is 0.138. The molecular formula is C15H16N2O2. The molecule has 1 aliphatic heterocycles. The molecule has 1 aromatic carbocycles. The molecule has 0 saturated carbocycles. The number of amides is 2. The van der Waals surface area contributed by atoms with Crippen molar-refractivity contribution in [2.45, 2.75) is 31.8 Å². The maximum atomic E-state index is 12.3. The lowest BCUT2D eigenvalue weighted by Gasteiger charge is -2.23. The second kappa shape index (κ2) is 4.87. The van der Waals surface area contributed by atoms with Crippen LogP contribution in [0.15, 0.2) is 30.3 Å². The van der Waals surface area contributed by atoms with Gasteiger partial charge in [-0.25, -0.2) is 4.90 Å². The average Bonchev–Trinajstić information content (AvgIpc) is 2.65. The molecule has 2 amide bonds.